The van der Waals surface area contributed by atoms with E-state index in [1.165, 1.54) is 6.20 Å². The van der Waals surface area contributed by atoms with E-state index in [4.69, 9.17) is 12.3 Å². The van der Waals surface area contributed by atoms with Crippen LogP contribution in [0.2, 0.25) is 0 Å². The molecule has 3 heteroatoms. The zero-order valence-corrected chi connectivity index (χ0v) is 5.63. The summed E-state index contributed by atoms with van der Waals surface area (Å²) in [6.07, 6.45) is 1.50. The lowest BCUT2D eigenvalue weighted by atomic mass is 10.2. The van der Waals surface area contributed by atoms with Gasteiger partial charge in [-0.25, -0.2) is 0 Å². The van der Waals surface area contributed by atoms with Gasteiger partial charge in [-0.05, 0) is 18.6 Å². The molecule has 0 fully saturated rings. The number of nitrogen functional groups attached to an aromatic ring is 1. The molecule has 0 spiro atoms. The second-order valence-electron chi connectivity index (χ2n) is 2.01. The van der Waals surface area contributed by atoms with Crippen molar-refractivity contribution in [3.05, 3.63) is 29.2 Å². The van der Waals surface area contributed by atoms with Crippen molar-refractivity contribution in [3.63, 3.8) is 0 Å². The molecule has 0 unspecified atom stereocenters. The summed E-state index contributed by atoms with van der Waals surface area (Å²) < 4.78 is 0. The van der Waals surface area contributed by atoms with E-state index in [-0.39, 0.29) is 0 Å². The highest BCUT2D eigenvalue weighted by atomic mass is 14.9. The van der Waals surface area contributed by atoms with E-state index in [0.717, 1.165) is 5.56 Å². The Hall–Kier alpha value is -1.56. The average Bonchev–Trinajstić information content (AvgIpc) is 1.95. The van der Waals surface area contributed by atoms with Crippen LogP contribution in [0.5, 0.6) is 0 Å². The number of nitrogens with zero attached hydrogens (tertiary/aromatic N) is 2. The van der Waals surface area contributed by atoms with Gasteiger partial charge < -0.3 is 10.6 Å². The lowest BCUT2D eigenvalue weighted by Gasteiger charge is -1.94. The molecule has 2 N–H and O–H groups in total. The smallest absolute Gasteiger partial charge is 0.269 e. The molecule has 0 aromatic carbocycles. The molecular weight excluding hydrogens is 126 g/mol. The first-order chi connectivity index (χ1) is 4.74. The van der Waals surface area contributed by atoms with Crippen molar-refractivity contribution < 1.29 is 0 Å². The first-order valence-electron chi connectivity index (χ1n) is 2.83. The minimum absolute atomic E-state index is 0.395. The number of pyridine rings is 1. The molecular formula is C7H7N3. The van der Waals surface area contributed by atoms with E-state index in [2.05, 4.69) is 9.83 Å². The highest BCUT2D eigenvalue weighted by Gasteiger charge is 1.96. The summed E-state index contributed by atoms with van der Waals surface area (Å²) in [6, 6.07) is 1.67. The van der Waals surface area contributed by atoms with Crippen molar-refractivity contribution in [3.8, 4) is 0 Å². The molecule has 3 nitrogen and oxygen atoms in total. The van der Waals surface area contributed by atoms with Crippen molar-refractivity contribution in [1.82, 2.24) is 4.98 Å². The molecule has 1 aromatic rings. The first-order valence-corrected chi connectivity index (χ1v) is 2.83. The van der Waals surface area contributed by atoms with Crippen LogP contribution in [0.1, 0.15) is 5.56 Å². The fraction of sp³-hybridized carbons (Fsp3) is 0.143. The quantitative estimate of drug-likeness (QED) is 0.545. The summed E-state index contributed by atoms with van der Waals surface area (Å²) in [5, 5.41) is 0. The van der Waals surface area contributed by atoms with Gasteiger partial charge in [-0.1, -0.05) is 6.57 Å². The number of hydrogen-bond donors (Lipinski definition) is 1. The Morgan fingerprint density at radius 3 is 2.90 bits per heavy atom. The summed E-state index contributed by atoms with van der Waals surface area (Å²) in [5.41, 5.74) is 7.01. The maximum absolute atomic E-state index is 6.63. The zero-order valence-electron chi connectivity index (χ0n) is 5.63. The van der Waals surface area contributed by atoms with E-state index in [9.17, 15) is 0 Å². The zero-order chi connectivity index (χ0) is 7.56. The SMILES string of the molecule is [C-]#[N+]c1cc(C)c(N)cn1. The second-order valence-corrected chi connectivity index (χ2v) is 2.01. The fourth-order valence-electron chi connectivity index (χ4n) is 0.613. The predicted molar refractivity (Wildman–Crippen MR) is 39.6 cm³/mol. The third kappa shape index (κ3) is 1.06. The number of rotatable bonds is 0. The van der Waals surface area contributed by atoms with Gasteiger partial charge >= 0.3 is 0 Å². The Kier molecular flexibility index (Phi) is 1.55. The van der Waals surface area contributed by atoms with Crippen molar-refractivity contribution in [1.29, 1.82) is 0 Å². The number of aromatic nitrogens is 1. The molecule has 10 heavy (non-hydrogen) atoms. The molecule has 0 radical (unpaired) electrons. The summed E-state index contributed by atoms with van der Waals surface area (Å²) in [6.45, 7) is 8.49. The molecule has 1 heterocycles. The van der Waals surface area contributed by atoms with Crippen molar-refractivity contribution in [2.45, 2.75) is 6.92 Å². The molecule has 0 amide bonds. The van der Waals surface area contributed by atoms with Crippen molar-refractivity contribution in [2.75, 3.05) is 5.73 Å². The van der Waals surface area contributed by atoms with Crippen molar-refractivity contribution >= 4 is 11.5 Å². The summed E-state index contributed by atoms with van der Waals surface area (Å²) in [5.74, 6) is 0.395. The Morgan fingerprint density at radius 1 is 1.70 bits per heavy atom. The predicted octanol–water partition coefficient (Wildman–Crippen LogP) is 1.52. The van der Waals surface area contributed by atoms with Gasteiger partial charge in [-0.2, -0.15) is 0 Å². The Bertz CT molecular complexity index is 285. The van der Waals surface area contributed by atoms with E-state index < -0.39 is 0 Å². The third-order valence-corrected chi connectivity index (χ3v) is 1.25. The number of anilines is 1. The maximum Gasteiger partial charge on any atom is 0.269 e. The maximum atomic E-state index is 6.63. The normalized spacial score (nSPS) is 8.80. The van der Waals surface area contributed by atoms with Crippen LogP contribution in [0, 0.1) is 13.5 Å². The number of nitrogens with two attached hydrogens (primary N) is 1. The van der Waals surface area contributed by atoms with Crippen LogP contribution < -0.4 is 5.73 Å². The molecule has 0 atom stereocenters. The topological polar surface area (TPSA) is 43.3 Å². The van der Waals surface area contributed by atoms with Crippen LogP contribution >= 0.6 is 0 Å². The van der Waals surface area contributed by atoms with Crippen LogP contribution in [-0.2, 0) is 0 Å². The number of hydrogen-bond acceptors (Lipinski definition) is 2. The van der Waals surface area contributed by atoms with Crippen LogP contribution in [0.15, 0.2) is 12.3 Å². The summed E-state index contributed by atoms with van der Waals surface area (Å²) >= 11 is 0. The third-order valence-electron chi connectivity index (χ3n) is 1.25. The fourth-order valence-corrected chi connectivity index (χ4v) is 0.613. The lowest BCUT2D eigenvalue weighted by molar-refractivity contribution is 1.31. The molecule has 50 valence electrons. The number of aryl methyl sites for hydroxylation is 1. The lowest BCUT2D eigenvalue weighted by Crippen LogP contribution is -1.89. The van der Waals surface area contributed by atoms with Gasteiger partial charge in [0.2, 0.25) is 0 Å². The van der Waals surface area contributed by atoms with Crippen LogP contribution in [0.25, 0.3) is 4.85 Å². The van der Waals surface area contributed by atoms with E-state index in [1.807, 2.05) is 6.92 Å². The van der Waals surface area contributed by atoms with Crippen LogP contribution in [0.3, 0.4) is 0 Å². The Labute approximate surface area is 59.3 Å². The van der Waals surface area contributed by atoms with Crippen LogP contribution in [-0.4, -0.2) is 4.98 Å². The molecule has 0 saturated carbocycles. The van der Waals surface area contributed by atoms with Crippen LogP contribution in [0.4, 0.5) is 11.5 Å². The first kappa shape index (κ1) is 6.56. The van der Waals surface area contributed by atoms with E-state index in [1.54, 1.807) is 6.07 Å². The minimum atomic E-state index is 0.395. The molecule has 0 saturated heterocycles. The molecule has 1 rings (SSSR count). The van der Waals surface area contributed by atoms with Gasteiger partial charge in [-0.3, -0.25) is 0 Å². The molecule has 0 bridgehead atoms. The highest BCUT2D eigenvalue weighted by molar-refractivity contribution is 5.51. The van der Waals surface area contributed by atoms with Gasteiger partial charge in [0.1, 0.15) is 6.20 Å². The van der Waals surface area contributed by atoms with Crippen molar-refractivity contribution in [2.24, 2.45) is 0 Å². The van der Waals surface area contributed by atoms with Gasteiger partial charge in [0.25, 0.3) is 5.82 Å². The Morgan fingerprint density at radius 2 is 2.40 bits per heavy atom. The molecule has 1 aromatic heterocycles. The minimum Gasteiger partial charge on any atom is -0.396 e. The molecule has 0 aliphatic rings. The average molecular weight is 133 g/mol. The van der Waals surface area contributed by atoms with Gasteiger partial charge in [0.05, 0.1) is 5.69 Å². The molecule has 0 aliphatic carbocycles. The standard InChI is InChI=1S/C7H7N3/c1-5-3-7(9-2)10-4-6(5)8/h3-4H,8H2,1H3. The molecule has 0 aliphatic heterocycles. The highest BCUT2D eigenvalue weighted by Crippen LogP contribution is 2.14. The largest absolute Gasteiger partial charge is 0.396 e. The monoisotopic (exact) mass is 133 g/mol. The van der Waals surface area contributed by atoms with E-state index >= 15 is 0 Å². The van der Waals surface area contributed by atoms with Gasteiger partial charge in [0.15, 0.2) is 0 Å². The second kappa shape index (κ2) is 2.36. The Balaban J connectivity index is 3.20. The summed E-state index contributed by atoms with van der Waals surface area (Å²) in [7, 11) is 0. The van der Waals surface area contributed by atoms with E-state index in [0.29, 0.717) is 11.5 Å². The van der Waals surface area contributed by atoms with Gasteiger partial charge in [-0.15, -0.1) is 4.98 Å². The van der Waals surface area contributed by atoms with Gasteiger partial charge in [0, 0.05) is 0 Å². The summed E-state index contributed by atoms with van der Waals surface area (Å²) in [4.78, 5) is 6.93.